The molecule has 3 aromatic carbocycles. The second-order valence-electron chi connectivity index (χ2n) is 10.7. The maximum atomic E-state index is 13.4. The van der Waals surface area contributed by atoms with Crippen molar-refractivity contribution >= 4 is 17.4 Å². The molecule has 222 valence electrons. The van der Waals surface area contributed by atoms with Crippen molar-refractivity contribution in [3.8, 4) is 11.5 Å². The average Bonchev–Trinajstić information content (AvgIpc) is 3.63. The van der Waals surface area contributed by atoms with Gasteiger partial charge in [0.05, 0.1) is 24.5 Å². The predicted octanol–water partition coefficient (Wildman–Crippen LogP) is 6.46. The van der Waals surface area contributed by atoms with Crippen LogP contribution in [0.2, 0.25) is 0 Å². The standard InChI is InChI=1S/C35H37N3O5/c1-3-4-22-42-29-14-10-26(11-15-29)32-31(34(40)35(41)38(32)20-7-19-37-21-18-36-24-37)33(39)27-12-16-30(17-13-27)43-23-28-9-6-5-8-25(28)2/h5-6,8-18,21,24,32,39H,3-4,7,19-20,22-23H2,1-2H3/b33-31+. The van der Waals surface area contributed by atoms with Crippen LogP contribution in [0.1, 0.15) is 54.5 Å². The van der Waals surface area contributed by atoms with E-state index in [9.17, 15) is 14.7 Å². The van der Waals surface area contributed by atoms with Crippen molar-refractivity contribution < 1.29 is 24.2 Å². The van der Waals surface area contributed by atoms with Crippen LogP contribution in [0.5, 0.6) is 11.5 Å². The second kappa shape index (κ2) is 13.9. The highest BCUT2D eigenvalue weighted by Gasteiger charge is 2.45. The van der Waals surface area contributed by atoms with Gasteiger partial charge in [-0.2, -0.15) is 0 Å². The molecular weight excluding hydrogens is 542 g/mol. The van der Waals surface area contributed by atoms with Gasteiger partial charge in [-0.25, -0.2) is 4.98 Å². The molecule has 0 spiro atoms. The van der Waals surface area contributed by atoms with Gasteiger partial charge in [0.1, 0.15) is 23.9 Å². The number of amides is 1. The highest BCUT2D eigenvalue weighted by Crippen LogP contribution is 2.40. The summed E-state index contributed by atoms with van der Waals surface area (Å²) in [7, 11) is 0. The lowest BCUT2D eigenvalue weighted by molar-refractivity contribution is -0.139. The number of unbranched alkanes of at least 4 members (excludes halogenated alkanes) is 1. The minimum absolute atomic E-state index is 0.0702. The SMILES string of the molecule is CCCCOc1ccc(C2/C(=C(\O)c3ccc(OCc4ccccc4C)cc3)C(=O)C(=O)N2CCCn2ccnc2)cc1. The third kappa shape index (κ3) is 6.97. The Morgan fingerprint density at radius 3 is 2.33 bits per heavy atom. The van der Waals surface area contributed by atoms with Crippen LogP contribution in [0, 0.1) is 6.92 Å². The van der Waals surface area contributed by atoms with Gasteiger partial charge in [-0.3, -0.25) is 9.59 Å². The number of imidazole rings is 1. The van der Waals surface area contributed by atoms with Gasteiger partial charge in [0.2, 0.25) is 0 Å². The van der Waals surface area contributed by atoms with Gasteiger partial charge in [0.15, 0.2) is 0 Å². The quantitative estimate of drug-likeness (QED) is 0.0846. The number of benzene rings is 3. The molecule has 0 radical (unpaired) electrons. The van der Waals surface area contributed by atoms with E-state index < -0.39 is 17.7 Å². The number of aliphatic hydroxyl groups excluding tert-OH is 1. The molecule has 4 aromatic rings. The number of Topliss-reactive ketones (excluding diaryl/α,β-unsaturated/α-hetero) is 1. The molecule has 5 rings (SSSR count). The van der Waals surface area contributed by atoms with Gasteiger partial charge < -0.3 is 24.0 Å². The first-order valence-electron chi connectivity index (χ1n) is 14.7. The Labute approximate surface area is 252 Å². The molecule has 43 heavy (non-hydrogen) atoms. The maximum Gasteiger partial charge on any atom is 0.295 e. The number of carbonyl (C=O) groups excluding carboxylic acids is 2. The van der Waals surface area contributed by atoms with E-state index in [0.717, 1.165) is 35.3 Å². The van der Waals surface area contributed by atoms with Gasteiger partial charge in [0, 0.05) is 31.0 Å². The first-order chi connectivity index (χ1) is 21.0. The summed E-state index contributed by atoms with van der Waals surface area (Å²) >= 11 is 0. The summed E-state index contributed by atoms with van der Waals surface area (Å²) in [6.45, 7) is 6.16. The fourth-order valence-corrected chi connectivity index (χ4v) is 5.18. The molecule has 1 aromatic heterocycles. The van der Waals surface area contributed by atoms with Crippen molar-refractivity contribution in [1.82, 2.24) is 14.5 Å². The second-order valence-corrected chi connectivity index (χ2v) is 10.7. The van der Waals surface area contributed by atoms with Gasteiger partial charge >= 0.3 is 0 Å². The first-order valence-corrected chi connectivity index (χ1v) is 14.7. The monoisotopic (exact) mass is 579 g/mol. The van der Waals surface area contributed by atoms with Gasteiger partial charge in [0.25, 0.3) is 11.7 Å². The molecule has 1 saturated heterocycles. The Morgan fingerprint density at radius 1 is 0.907 bits per heavy atom. The van der Waals surface area contributed by atoms with Crippen LogP contribution in [-0.4, -0.2) is 44.4 Å². The van der Waals surface area contributed by atoms with Crippen LogP contribution in [0.3, 0.4) is 0 Å². The fraction of sp³-hybridized carbons (Fsp3) is 0.286. The molecule has 1 atom stereocenters. The Kier molecular flexibility index (Phi) is 9.56. The van der Waals surface area contributed by atoms with E-state index in [1.54, 1.807) is 41.7 Å². The highest BCUT2D eigenvalue weighted by molar-refractivity contribution is 6.46. The summed E-state index contributed by atoms with van der Waals surface area (Å²) < 4.78 is 13.7. The molecule has 1 fully saturated rings. The number of hydrogen-bond donors (Lipinski definition) is 1. The third-order valence-corrected chi connectivity index (χ3v) is 7.66. The zero-order valence-electron chi connectivity index (χ0n) is 24.6. The van der Waals surface area contributed by atoms with Gasteiger partial charge in [-0.1, -0.05) is 49.7 Å². The number of rotatable bonds is 13. The number of aryl methyl sites for hydroxylation is 2. The zero-order chi connectivity index (χ0) is 30.2. The average molecular weight is 580 g/mol. The predicted molar refractivity (Wildman–Crippen MR) is 165 cm³/mol. The van der Waals surface area contributed by atoms with Crippen LogP contribution in [0.15, 0.2) is 97.1 Å². The zero-order valence-corrected chi connectivity index (χ0v) is 24.6. The van der Waals surface area contributed by atoms with E-state index in [1.807, 2.05) is 66.2 Å². The summed E-state index contributed by atoms with van der Waals surface area (Å²) in [5.41, 5.74) is 3.46. The number of carbonyl (C=O) groups is 2. The number of hydrogen-bond acceptors (Lipinski definition) is 6. The van der Waals surface area contributed by atoms with Crippen molar-refractivity contribution in [2.75, 3.05) is 13.2 Å². The summed E-state index contributed by atoms with van der Waals surface area (Å²) in [5.74, 6) is -0.188. The van der Waals surface area contributed by atoms with Crippen molar-refractivity contribution in [2.45, 2.75) is 52.3 Å². The summed E-state index contributed by atoms with van der Waals surface area (Å²) in [4.78, 5) is 32.4. The lowest BCUT2D eigenvalue weighted by Crippen LogP contribution is -2.31. The first kappa shape index (κ1) is 29.6. The molecular formula is C35H37N3O5. The Hall–Kier alpha value is -4.85. The van der Waals surface area contributed by atoms with Crippen molar-refractivity contribution in [1.29, 1.82) is 0 Å². The van der Waals surface area contributed by atoms with Crippen molar-refractivity contribution in [3.05, 3.63) is 119 Å². The maximum absolute atomic E-state index is 13.4. The summed E-state index contributed by atoms with van der Waals surface area (Å²) in [6, 6.07) is 21.6. The fourth-order valence-electron chi connectivity index (χ4n) is 5.18. The number of likely N-dealkylation sites (tertiary alicyclic amines) is 1. The lowest BCUT2D eigenvalue weighted by Gasteiger charge is -2.25. The molecule has 8 heteroatoms. The van der Waals surface area contributed by atoms with Crippen LogP contribution in [-0.2, 0) is 22.7 Å². The number of aliphatic hydroxyl groups is 1. The number of aromatic nitrogens is 2. The molecule has 0 saturated carbocycles. The summed E-state index contributed by atoms with van der Waals surface area (Å²) in [6.07, 6.45) is 7.88. The molecule has 2 heterocycles. The van der Waals surface area contributed by atoms with Crippen LogP contribution < -0.4 is 9.47 Å². The third-order valence-electron chi connectivity index (χ3n) is 7.66. The molecule has 1 amide bonds. The molecule has 1 unspecified atom stereocenters. The minimum atomic E-state index is -0.732. The number of nitrogens with zero attached hydrogens (tertiary/aromatic N) is 3. The van der Waals surface area contributed by atoms with Crippen molar-refractivity contribution in [2.24, 2.45) is 0 Å². The molecule has 0 aliphatic carbocycles. The van der Waals surface area contributed by atoms with Crippen LogP contribution in [0.4, 0.5) is 0 Å². The van der Waals surface area contributed by atoms with Gasteiger partial charge in [-0.05, 0) is 72.9 Å². The van der Waals surface area contributed by atoms with E-state index in [0.29, 0.717) is 44.0 Å². The van der Waals surface area contributed by atoms with E-state index in [4.69, 9.17) is 9.47 Å². The Balaban J connectivity index is 1.40. The topological polar surface area (TPSA) is 93.9 Å². The molecule has 1 N–H and O–H groups in total. The van der Waals surface area contributed by atoms with E-state index >= 15 is 0 Å². The largest absolute Gasteiger partial charge is 0.507 e. The molecule has 0 bridgehead atoms. The minimum Gasteiger partial charge on any atom is -0.507 e. The smallest absolute Gasteiger partial charge is 0.295 e. The number of ether oxygens (including phenoxy) is 2. The van der Waals surface area contributed by atoms with Crippen LogP contribution >= 0.6 is 0 Å². The van der Waals surface area contributed by atoms with Crippen molar-refractivity contribution in [3.63, 3.8) is 0 Å². The molecule has 1 aliphatic rings. The Morgan fingerprint density at radius 2 is 1.63 bits per heavy atom. The van der Waals surface area contributed by atoms with Gasteiger partial charge in [-0.15, -0.1) is 0 Å². The van der Waals surface area contributed by atoms with Crippen LogP contribution in [0.25, 0.3) is 5.76 Å². The molecule has 8 nitrogen and oxygen atoms in total. The normalized spacial score (nSPS) is 16.0. The van der Waals surface area contributed by atoms with E-state index in [2.05, 4.69) is 11.9 Å². The highest BCUT2D eigenvalue weighted by atomic mass is 16.5. The summed E-state index contributed by atoms with van der Waals surface area (Å²) in [5, 5.41) is 11.5. The lowest BCUT2D eigenvalue weighted by atomic mass is 9.95. The molecule has 1 aliphatic heterocycles. The Bertz CT molecular complexity index is 1560. The van der Waals surface area contributed by atoms with E-state index in [-0.39, 0.29) is 11.3 Å². The number of ketones is 1. The van der Waals surface area contributed by atoms with E-state index in [1.165, 1.54) is 0 Å².